The summed E-state index contributed by atoms with van der Waals surface area (Å²) in [5, 5.41) is 4.85. The summed E-state index contributed by atoms with van der Waals surface area (Å²) in [7, 11) is 0. The lowest BCUT2D eigenvalue weighted by atomic mass is 10.1. The van der Waals surface area contributed by atoms with Crippen LogP contribution >= 0.6 is 0 Å². The summed E-state index contributed by atoms with van der Waals surface area (Å²) in [4.78, 5) is 39.7. The molecule has 1 heterocycles. The van der Waals surface area contributed by atoms with Gasteiger partial charge in [0.25, 0.3) is 0 Å². The Kier molecular flexibility index (Phi) is 6.53. The summed E-state index contributed by atoms with van der Waals surface area (Å²) in [6, 6.07) is 3.71. The molecule has 1 aromatic carbocycles. The summed E-state index contributed by atoms with van der Waals surface area (Å²) in [6.45, 7) is 1.41. The topological polar surface area (TPSA) is 114 Å². The van der Waals surface area contributed by atoms with Crippen LogP contribution in [0.1, 0.15) is 24.1 Å². The summed E-state index contributed by atoms with van der Waals surface area (Å²) in [6.07, 6.45) is 2.58. The van der Waals surface area contributed by atoms with Gasteiger partial charge in [-0.2, -0.15) is 0 Å². The van der Waals surface area contributed by atoms with Crippen molar-refractivity contribution < 1.29 is 23.2 Å². The highest BCUT2D eigenvalue weighted by molar-refractivity contribution is 5.92. The van der Waals surface area contributed by atoms with Crippen molar-refractivity contribution >= 4 is 17.7 Å². The van der Waals surface area contributed by atoms with E-state index in [1.54, 1.807) is 0 Å². The predicted molar refractivity (Wildman–Crippen MR) is 92.0 cm³/mol. The number of benzene rings is 1. The lowest BCUT2D eigenvalue weighted by Crippen LogP contribution is -2.48. The van der Waals surface area contributed by atoms with Gasteiger partial charge < -0.3 is 16.4 Å². The largest absolute Gasteiger partial charge is 0.368 e. The molecule has 7 nitrogen and oxygen atoms in total. The molecule has 0 saturated carbocycles. The van der Waals surface area contributed by atoms with E-state index in [4.69, 9.17) is 5.73 Å². The third-order valence-electron chi connectivity index (χ3n) is 3.67. The normalized spacial score (nSPS) is 12.7. The monoisotopic (exact) mass is 376 g/mol. The second-order valence-corrected chi connectivity index (χ2v) is 5.87. The molecule has 27 heavy (non-hydrogen) atoms. The number of halogens is 2. The van der Waals surface area contributed by atoms with Crippen LogP contribution in [-0.2, 0) is 20.8 Å². The first-order chi connectivity index (χ1) is 12.8. The third kappa shape index (κ3) is 5.84. The number of primary amides is 1. The average molecular weight is 376 g/mol. The zero-order valence-corrected chi connectivity index (χ0v) is 14.4. The lowest BCUT2D eigenvalue weighted by molar-refractivity contribution is -0.130. The minimum Gasteiger partial charge on any atom is -0.368 e. The van der Waals surface area contributed by atoms with Crippen LogP contribution in [0.15, 0.2) is 42.7 Å². The van der Waals surface area contributed by atoms with Gasteiger partial charge in [-0.05, 0) is 42.3 Å². The minimum absolute atomic E-state index is 0.129. The van der Waals surface area contributed by atoms with Gasteiger partial charge in [0, 0.05) is 18.5 Å². The Morgan fingerprint density at radius 3 is 2.22 bits per heavy atom. The van der Waals surface area contributed by atoms with Crippen molar-refractivity contribution in [1.29, 1.82) is 0 Å². The van der Waals surface area contributed by atoms with Crippen LogP contribution in [0.3, 0.4) is 0 Å². The molecule has 0 aliphatic rings. The van der Waals surface area contributed by atoms with E-state index in [9.17, 15) is 23.2 Å². The number of carbonyl (C=O) groups is 3. The van der Waals surface area contributed by atoms with Gasteiger partial charge in [0.2, 0.25) is 17.7 Å². The molecule has 0 saturated heterocycles. The van der Waals surface area contributed by atoms with E-state index >= 15 is 0 Å². The van der Waals surface area contributed by atoms with Gasteiger partial charge in [-0.1, -0.05) is 0 Å². The Bertz CT molecular complexity index is 826. The fourth-order valence-corrected chi connectivity index (χ4v) is 2.40. The zero-order valence-electron chi connectivity index (χ0n) is 14.4. The van der Waals surface area contributed by atoms with Gasteiger partial charge in [0.05, 0.1) is 6.42 Å². The van der Waals surface area contributed by atoms with Crippen LogP contribution in [0.2, 0.25) is 0 Å². The van der Waals surface area contributed by atoms with Crippen LogP contribution in [-0.4, -0.2) is 28.7 Å². The number of hydrogen-bond donors (Lipinski definition) is 3. The number of nitrogens with zero attached hydrogens (tertiary/aromatic N) is 1. The Hall–Kier alpha value is -3.36. The number of pyridine rings is 1. The molecule has 2 rings (SSSR count). The second kappa shape index (κ2) is 8.84. The highest BCUT2D eigenvalue weighted by Gasteiger charge is 2.24. The maximum atomic E-state index is 13.2. The number of nitrogens with two attached hydrogens (primary N) is 1. The second-order valence-electron chi connectivity index (χ2n) is 5.87. The molecule has 4 N–H and O–H groups in total. The van der Waals surface area contributed by atoms with Crippen LogP contribution in [0.5, 0.6) is 0 Å². The smallest absolute Gasteiger partial charge is 0.244 e. The van der Waals surface area contributed by atoms with E-state index in [1.807, 2.05) is 0 Å². The molecule has 0 aliphatic carbocycles. The number of hydrogen-bond acceptors (Lipinski definition) is 4. The highest BCUT2D eigenvalue weighted by Crippen LogP contribution is 2.11. The van der Waals surface area contributed by atoms with Gasteiger partial charge in [-0.3, -0.25) is 19.4 Å². The molecular weight excluding hydrogens is 358 g/mol. The molecule has 2 aromatic rings. The van der Waals surface area contributed by atoms with Crippen molar-refractivity contribution in [3.63, 3.8) is 0 Å². The van der Waals surface area contributed by atoms with E-state index in [-0.39, 0.29) is 12.0 Å². The fraction of sp³-hybridized carbons (Fsp3) is 0.222. The van der Waals surface area contributed by atoms with E-state index < -0.39 is 41.4 Å². The Morgan fingerprint density at radius 1 is 1.07 bits per heavy atom. The molecule has 1 aromatic heterocycles. The van der Waals surface area contributed by atoms with Crippen molar-refractivity contribution in [3.05, 3.63) is 65.5 Å². The zero-order chi connectivity index (χ0) is 20.0. The van der Waals surface area contributed by atoms with Crippen LogP contribution < -0.4 is 16.4 Å². The molecule has 9 heteroatoms. The van der Waals surface area contributed by atoms with E-state index in [1.165, 1.54) is 31.5 Å². The number of aromatic nitrogens is 1. The van der Waals surface area contributed by atoms with Crippen LogP contribution in [0.4, 0.5) is 8.78 Å². The molecule has 0 aliphatic heterocycles. The van der Waals surface area contributed by atoms with Gasteiger partial charge >= 0.3 is 0 Å². The molecule has 3 amide bonds. The Morgan fingerprint density at radius 2 is 1.67 bits per heavy atom. The summed E-state index contributed by atoms with van der Waals surface area (Å²) < 4.78 is 26.3. The van der Waals surface area contributed by atoms with Crippen LogP contribution in [0.25, 0.3) is 0 Å². The van der Waals surface area contributed by atoms with Crippen molar-refractivity contribution in [1.82, 2.24) is 15.6 Å². The van der Waals surface area contributed by atoms with Crippen molar-refractivity contribution in [3.8, 4) is 0 Å². The van der Waals surface area contributed by atoms with Crippen molar-refractivity contribution in [2.75, 3.05) is 0 Å². The van der Waals surface area contributed by atoms with Gasteiger partial charge in [0.1, 0.15) is 23.7 Å². The number of rotatable bonds is 7. The molecule has 1 unspecified atom stereocenters. The summed E-state index contributed by atoms with van der Waals surface area (Å²) in [5.74, 6) is -3.63. The first-order valence-electron chi connectivity index (χ1n) is 8.00. The van der Waals surface area contributed by atoms with E-state index in [0.717, 1.165) is 12.1 Å². The molecule has 2 atom stereocenters. The summed E-state index contributed by atoms with van der Waals surface area (Å²) >= 11 is 0. The first kappa shape index (κ1) is 20.0. The first-order valence-corrected chi connectivity index (χ1v) is 8.00. The van der Waals surface area contributed by atoms with Crippen molar-refractivity contribution in [2.24, 2.45) is 5.73 Å². The molecule has 0 radical (unpaired) electrons. The third-order valence-corrected chi connectivity index (χ3v) is 3.67. The molecule has 142 valence electrons. The van der Waals surface area contributed by atoms with Gasteiger partial charge in [-0.15, -0.1) is 0 Å². The van der Waals surface area contributed by atoms with Crippen molar-refractivity contribution in [2.45, 2.75) is 25.4 Å². The Balaban J connectivity index is 1.97. The minimum atomic E-state index is -1.09. The number of carbonyl (C=O) groups excluding carboxylic acids is 3. The molecule has 0 fully saturated rings. The van der Waals surface area contributed by atoms with Gasteiger partial charge in [0.15, 0.2) is 0 Å². The quantitative estimate of drug-likeness (QED) is 0.662. The molecule has 0 bridgehead atoms. The van der Waals surface area contributed by atoms with E-state index in [0.29, 0.717) is 11.6 Å². The van der Waals surface area contributed by atoms with Crippen LogP contribution in [0, 0.1) is 11.6 Å². The maximum Gasteiger partial charge on any atom is 0.244 e. The van der Waals surface area contributed by atoms with Gasteiger partial charge in [-0.25, -0.2) is 8.78 Å². The molecular formula is C18H18F2N4O3. The maximum absolute atomic E-state index is 13.2. The predicted octanol–water partition coefficient (Wildman–Crippen LogP) is 0.750. The van der Waals surface area contributed by atoms with E-state index in [2.05, 4.69) is 15.6 Å². The highest BCUT2D eigenvalue weighted by atomic mass is 19.1. The molecule has 0 spiro atoms. The summed E-state index contributed by atoms with van der Waals surface area (Å²) in [5.41, 5.74) is 5.89. The number of nitrogens with one attached hydrogen (secondary N) is 2. The lowest BCUT2D eigenvalue weighted by Gasteiger charge is -2.19. The average Bonchev–Trinajstić information content (AvgIpc) is 2.58. The Labute approximate surface area is 154 Å². The fourth-order valence-electron chi connectivity index (χ4n) is 2.40. The standard InChI is InChI=1S/C18H18F2N4O3/c1-10(23-15(25)8-11-6-13(19)9-14(20)7-11)18(27)24-16(17(21)26)12-2-4-22-5-3-12/h2-7,9-10,16H,8H2,1H3,(H2,21,26)(H,23,25)(H,24,27)/t10-,16?/m0/s1. The number of amides is 3. The SMILES string of the molecule is C[C@H](NC(=O)Cc1cc(F)cc(F)c1)C(=O)NC(C(N)=O)c1ccncc1.